The van der Waals surface area contributed by atoms with Crippen LogP contribution in [0.25, 0.3) is 21.5 Å². The lowest BCUT2D eigenvalue weighted by atomic mass is 10.2. The van der Waals surface area contributed by atoms with E-state index in [4.69, 9.17) is 0 Å². The number of rotatable bonds is 2. The quantitative estimate of drug-likeness (QED) is 0.545. The molecule has 5 nitrogen and oxygen atoms in total. The van der Waals surface area contributed by atoms with Crippen molar-refractivity contribution in [2.24, 2.45) is 0 Å². The van der Waals surface area contributed by atoms with Gasteiger partial charge in [-0.15, -0.1) is 22.7 Å². The number of hydrogen-bond acceptors (Lipinski definition) is 6. The Hall–Kier alpha value is -2.43. The van der Waals surface area contributed by atoms with Crippen LogP contribution in [-0.2, 0) is 0 Å². The minimum absolute atomic E-state index is 0.0328. The predicted molar refractivity (Wildman–Crippen MR) is 93.8 cm³/mol. The van der Waals surface area contributed by atoms with Gasteiger partial charge in [-0.25, -0.2) is 4.98 Å². The van der Waals surface area contributed by atoms with Gasteiger partial charge in [-0.2, -0.15) is 5.26 Å². The highest BCUT2D eigenvalue weighted by Crippen LogP contribution is 2.30. The van der Waals surface area contributed by atoms with Gasteiger partial charge < -0.3 is 10.1 Å². The van der Waals surface area contributed by atoms with Crippen molar-refractivity contribution in [1.82, 2.24) is 9.97 Å². The van der Waals surface area contributed by atoms with Crippen LogP contribution in [0.3, 0.4) is 0 Å². The van der Waals surface area contributed by atoms with Crippen molar-refractivity contribution in [2.45, 2.75) is 20.8 Å². The molecule has 3 heterocycles. The summed E-state index contributed by atoms with van der Waals surface area (Å²) in [5, 5.41) is 20.3. The molecule has 23 heavy (non-hydrogen) atoms. The number of aliphatic hydroxyl groups excluding tert-OH is 1. The summed E-state index contributed by atoms with van der Waals surface area (Å²) in [6.45, 7) is 5.71. The van der Waals surface area contributed by atoms with Gasteiger partial charge in [-0.05, 0) is 38.5 Å². The van der Waals surface area contributed by atoms with Crippen LogP contribution in [-0.4, -0.2) is 15.1 Å². The highest BCUT2D eigenvalue weighted by molar-refractivity contribution is 7.18. The number of aromatic amines is 1. The summed E-state index contributed by atoms with van der Waals surface area (Å²) in [5.74, 6) is -0.0760. The molecule has 116 valence electrons. The zero-order valence-electron chi connectivity index (χ0n) is 12.7. The van der Waals surface area contributed by atoms with E-state index in [1.54, 1.807) is 6.07 Å². The summed E-state index contributed by atoms with van der Waals surface area (Å²) < 4.78 is 0. The average molecular weight is 343 g/mol. The second-order valence-corrected chi connectivity index (χ2v) is 7.61. The van der Waals surface area contributed by atoms with Crippen LogP contribution in [0.2, 0.25) is 0 Å². The molecule has 0 saturated carbocycles. The van der Waals surface area contributed by atoms with Gasteiger partial charge in [0.1, 0.15) is 16.5 Å². The van der Waals surface area contributed by atoms with E-state index in [0.29, 0.717) is 15.1 Å². The summed E-state index contributed by atoms with van der Waals surface area (Å²) in [4.78, 5) is 22.5. The van der Waals surface area contributed by atoms with Crippen LogP contribution in [0.5, 0.6) is 0 Å². The SMILES string of the molecule is Cc1ccc(/C(O)=C(/C#N)c2nc3sc(C)c(C)c3c(=O)[nH]2)s1. The maximum Gasteiger partial charge on any atom is 0.260 e. The topological polar surface area (TPSA) is 89.8 Å². The standard InChI is InChI=1S/C16H13N3O2S2/c1-7-4-5-11(22-7)13(20)10(6-17)14-18-15(21)12-8(2)9(3)23-16(12)19-14/h4-5,20H,1-3H3,(H,18,19,21)/b13-10+. The number of hydrogen-bond donors (Lipinski definition) is 2. The number of thiophene rings is 2. The number of H-pyrrole nitrogens is 1. The van der Waals surface area contributed by atoms with E-state index in [0.717, 1.165) is 15.3 Å². The zero-order valence-corrected chi connectivity index (χ0v) is 14.4. The minimum Gasteiger partial charge on any atom is -0.505 e. The van der Waals surface area contributed by atoms with Crippen molar-refractivity contribution in [3.05, 3.63) is 48.5 Å². The minimum atomic E-state index is -0.297. The predicted octanol–water partition coefficient (Wildman–Crippen LogP) is 3.92. The number of nitrogens with zero attached hydrogens (tertiary/aromatic N) is 2. The Kier molecular flexibility index (Phi) is 3.80. The van der Waals surface area contributed by atoms with E-state index in [9.17, 15) is 15.2 Å². The molecule has 0 amide bonds. The molecular formula is C16H13N3O2S2. The molecule has 3 rings (SSSR count). The van der Waals surface area contributed by atoms with Crippen LogP contribution >= 0.6 is 22.7 Å². The van der Waals surface area contributed by atoms with Gasteiger partial charge >= 0.3 is 0 Å². The largest absolute Gasteiger partial charge is 0.505 e. The lowest BCUT2D eigenvalue weighted by Gasteiger charge is -2.02. The van der Waals surface area contributed by atoms with Gasteiger partial charge in [0.2, 0.25) is 0 Å². The number of nitrogens with one attached hydrogen (secondary N) is 1. The molecule has 0 aliphatic heterocycles. The third-order valence-electron chi connectivity index (χ3n) is 3.60. The molecule has 7 heteroatoms. The highest BCUT2D eigenvalue weighted by atomic mass is 32.1. The van der Waals surface area contributed by atoms with Crippen LogP contribution in [0.15, 0.2) is 16.9 Å². The van der Waals surface area contributed by atoms with Gasteiger partial charge in [0.15, 0.2) is 11.6 Å². The lowest BCUT2D eigenvalue weighted by molar-refractivity contribution is 0.516. The molecule has 0 atom stereocenters. The first-order chi connectivity index (χ1) is 10.9. The van der Waals surface area contributed by atoms with E-state index >= 15 is 0 Å². The fraction of sp³-hybridized carbons (Fsp3) is 0.188. The second kappa shape index (κ2) is 5.65. The fourth-order valence-corrected chi connectivity index (χ4v) is 4.12. The van der Waals surface area contributed by atoms with Gasteiger partial charge in [-0.1, -0.05) is 0 Å². The Morgan fingerprint density at radius 2 is 2.04 bits per heavy atom. The van der Waals surface area contributed by atoms with Crippen molar-refractivity contribution in [1.29, 1.82) is 5.26 Å². The molecule has 2 N–H and O–H groups in total. The molecule has 0 spiro atoms. The van der Waals surface area contributed by atoms with Crippen molar-refractivity contribution in [3.63, 3.8) is 0 Å². The summed E-state index contributed by atoms with van der Waals surface area (Å²) in [6, 6.07) is 5.54. The molecular weight excluding hydrogens is 330 g/mol. The van der Waals surface area contributed by atoms with Crippen LogP contribution in [0, 0.1) is 32.1 Å². The first-order valence-corrected chi connectivity index (χ1v) is 8.46. The molecule has 0 saturated heterocycles. The number of aryl methyl sites for hydroxylation is 3. The maximum absolute atomic E-state index is 12.3. The first-order valence-electron chi connectivity index (χ1n) is 6.83. The Labute approximate surface area is 140 Å². The summed E-state index contributed by atoms with van der Waals surface area (Å²) in [7, 11) is 0. The van der Waals surface area contributed by atoms with Crippen molar-refractivity contribution in [2.75, 3.05) is 0 Å². The summed E-state index contributed by atoms with van der Waals surface area (Å²) in [5.41, 5.74) is 0.565. The van der Waals surface area contributed by atoms with E-state index in [1.807, 2.05) is 32.9 Å². The molecule has 0 aromatic carbocycles. The number of nitriles is 1. The van der Waals surface area contributed by atoms with Crippen LogP contribution in [0.4, 0.5) is 0 Å². The maximum atomic E-state index is 12.3. The average Bonchev–Trinajstić information content (AvgIpc) is 3.04. The molecule has 3 aromatic heterocycles. The number of allylic oxidation sites excluding steroid dienone is 1. The zero-order chi connectivity index (χ0) is 16.7. The third-order valence-corrected chi connectivity index (χ3v) is 5.71. The Morgan fingerprint density at radius 3 is 2.65 bits per heavy atom. The van der Waals surface area contributed by atoms with Crippen molar-refractivity contribution in [3.8, 4) is 6.07 Å². The molecule has 3 aromatic rings. The molecule has 0 bridgehead atoms. The third kappa shape index (κ3) is 2.56. The summed E-state index contributed by atoms with van der Waals surface area (Å²) in [6.07, 6.45) is 0. The Morgan fingerprint density at radius 1 is 1.30 bits per heavy atom. The Balaban J connectivity index is 2.26. The van der Waals surface area contributed by atoms with Crippen LogP contribution < -0.4 is 5.56 Å². The normalized spacial score (nSPS) is 12.3. The van der Waals surface area contributed by atoms with Gasteiger partial charge in [0.05, 0.1) is 10.3 Å². The van der Waals surface area contributed by atoms with Crippen LogP contribution in [0.1, 0.15) is 26.0 Å². The molecule has 0 aliphatic carbocycles. The lowest BCUT2D eigenvalue weighted by Crippen LogP contribution is -2.11. The van der Waals surface area contributed by atoms with Crippen molar-refractivity contribution < 1.29 is 5.11 Å². The van der Waals surface area contributed by atoms with Gasteiger partial charge in [-0.3, -0.25) is 4.79 Å². The van der Waals surface area contributed by atoms with E-state index in [2.05, 4.69) is 9.97 Å². The first kappa shape index (κ1) is 15.5. The summed E-state index contributed by atoms with van der Waals surface area (Å²) >= 11 is 2.78. The molecule has 0 aliphatic rings. The number of aromatic nitrogens is 2. The number of aliphatic hydroxyl groups is 1. The monoisotopic (exact) mass is 343 g/mol. The molecule has 0 unspecified atom stereocenters. The van der Waals surface area contributed by atoms with E-state index in [1.165, 1.54) is 22.7 Å². The van der Waals surface area contributed by atoms with Crippen molar-refractivity contribution >= 4 is 44.2 Å². The van der Waals surface area contributed by atoms with E-state index < -0.39 is 0 Å². The second-order valence-electron chi connectivity index (χ2n) is 5.12. The highest BCUT2D eigenvalue weighted by Gasteiger charge is 2.18. The van der Waals surface area contributed by atoms with Gasteiger partial charge in [0, 0.05) is 9.75 Å². The van der Waals surface area contributed by atoms with Gasteiger partial charge in [0.25, 0.3) is 5.56 Å². The van der Waals surface area contributed by atoms with E-state index in [-0.39, 0.29) is 22.7 Å². The smallest absolute Gasteiger partial charge is 0.260 e. The number of fused-ring (bicyclic) bond motifs is 1. The molecule has 0 radical (unpaired) electrons. The Bertz CT molecular complexity index is 1050. The molecule has 0 fully saturated rings. The fourth-order valence-electron chi connectivity index (χ4n) is 2.28.